The van der Waals surface area contributed by atoms with E-state index in [2.05, 4.69) is 9.55 Å². The lowest BCUT2D eigenvalue weighted by Gasteiger charge is -2.04. The van der Waals surface area contributed by atoms with Gasteiger partial charge in [0.25, 0.3) is 0 Å². The fourth-order valence-electron chi connectivity index (χ4n) is 1.97. The highest BCUT2D eigenvalue weighted by molar-refractivity contribution is 6.31. The second-order valence-corrected chi connectivity index (χ2v) is 4.39. The minimum absolute atomic E-state index is 0.676. The van der Waals surface area contributed by atoms with Gasteiger partial charge < -0.3 is 8.98 Å². The quantitative estimate of drug-likeness (QED) is 0.691. The van der Waals surface area contributed by atoms with Gasteiger partial charge in [-0.3, -0.25) is 0 Å². The molecule has 3 rings (SSSR count). The zero-order chi connectivity index (χ0) is 11.8. The summed E-state index contributed by atoms with van der Waals surface area (Å²) in [5, 5.41) is 0.720. The molecule has 0 saturated carbocycles. The Morgan fingerprint density at radius 1 is 1.35 bits per heavy atom. The molecule has 0 aliphatic carbocycles. The van der Waals surface area contributed by atoms with Crippen molar-refractivity contribution in [1.82, 2.24) is 9.55 Å². The fourth-order valence-corrected chi connectivity index (χ4v) is 2.14. The SMILES string of the molecule is Cc1nc2ccc(Cl)cc2n1Cc1ccco1. The maximum atomic E-state index is 6.02. The lowest BCUT2D eigenvalue weighted by molar-refractivity contribution is 0.494. The van der Waals surface area contributed by atoms with Gasteiger partial charge in [-0.15, -0.1) is 0 Å². The highest BCUT2D eigenvalue weighted by Crippen LogP contribution is 2.21. The Balaban J connectivity index is 2.14. The molecule has 0 saturated heterocycles. The van der Waals surface area contributed by atoms with Crippen LogP contribution >= 0.6 is 11.6 Å². The first-order valence-electron chi connectivity index (χ1n) is 5.39. The van der Waals surface area contributed by atoms with E-state index in [9.17, 15) is 0 Å². The molecule has 3 nitrogen and oxygen atoms in total. The van der Waals surface area contributed by atoms with Gasteiger partial charge in [-0.1, -0.05) is 11.6 Å². The van der Waals surface area contributed by atoms with E-state index >= 15 is 0 Å². The van der Waals surface area contributed by atoms with Gasteiger partial charge in [-0.25, -0.2) is 4.98 Å². The van der Waals surface area contributed by atoms with Crippen LogP contribution in [0.1, 0.15) is 11.6 Å². The lowest BCUT2D eigenvalue weighted by Crippen LogP contribution is -2.00. The molecule has 0 N–H and O–H groups in total. The maximum absolute atomic E-state index is 6.02. The third kappa shape index (κ3) is 1.83. The summed E-state index contributed by atoms with van der Waals surface area (Å²) >= 11 is 6.02. The summed E-state index contributed by atoms with van der Waals surface area (Å²) in [4.78, 5) is 4.50. The average Bonchev–Trinajstić information content (AvgIpc) is 2.90. The van der Waals surface area contributed by atoms with E-state index in [0.29, 0.717) is 6.54 Å². The largest absolute Gasteiger partial charge is 0.467 e. The molecule has 86 valence electrons. The van der Waals surface area contributed by atoms with Crippen LogP contribution < -0.4 is 0 Å². The van der Waals surface area contributed by atoms with Crippen molar-refractivity contribution >= 4 is 22.6 Å². The van der Waals surface area contributed by atoms with E-state index in [1.54, 1.807) is 6.26 Å². The Morgan fingerprint density at radius 3 is 3.00 bits per heavy atom. The van der Waals surface area contributed by atoms with Crippen LogP contribution in [0, 0.1) is 6.92 Å². The van der Waals surface area contributed by atoms with Crippen LogP contribution in [0.25, 0.3) is 11.0 Å². The van der Waals surface area contributed by atoms with Crippen molar-refractivity contribution in [3.63, 3.8) is 0 Å². The second-order valence-electron chi connectivity index (χ2n) is 3.96. The topological polar surface area (TPSA) is 31.0 Å². The van der Waals surface area contributed by atoms with Crippen LogP contribution in [-0.2, 0) is 6.54 Å². The number of furan rings is 1. The molecule has 3 aromatic rings. The first-order chi connectivity index (χ1) is 8.24. The number of hydrogen-bond donors (Lipinski definition) is 0. The molecule has 0 amide bonds. The molecule has 2 aromatic heterocycles. The van der Waals surface area contributed by atoms with Crippen LogP contribution in [0.5, 0.6) is 0 Å². The minimum Gasteiger partial charge on any atom is -0.467 e. The molecule has 0 fully saturated rings. The van der Waals surface area contributed by atoms with E-state index in [4.69, 9.17) is 16.0 Å². The first-order valence-corrected chi connectivity index (χ1v) is 5.76. The zero-order valence-electron chi connectivity index (χ0n) is 9.35. The van der Waals surface area contributed by atoms with Gasteiger partial charge in [0.15, 0.2) is 0 Å². The van der Waals surface area contributed by atoms with Crippen molar-refractivity contribution in [1.29, 1.82) is 0 Å². The van der Waals surface area contributed by atoms with Gasteiger partial charge in [-0.05, 0) is 37.3 Å². The molecule has 0 aliphatic rings. The van der Waals surface area contributed by atoms with E-state index in [1.807, 2.05) is 37.3 Å². The average molecular weight is 247 g/mol. The predicted octanol–water partition coefficient (Wildman–Crippen LogP) is 3.64. The van der Waals surface area contributed by atoms with Crippen molar-refractivity contribution in [3.8, 4) is 0 Å². The molecule has 0 radical (unpaired) electrons. The van der Waals surface area contributed by atoms with E-state index in [1.165, 1.54) is 0 Å². The molecule has 0 atom stereocenters. The van der Waals surface area contributed by atoms with Gasteiger partial charge >= 0.3 is 0 Å². The smallest absolute Gasteiger partial charge is 0.123 e. The Hall–Kier alpha value is -1.74. The summed E-state index contributed by atoms with van der Waals surface area (Å²) in [5.41, 5.74) is 1.99. The molecule has 1 aromatic carbocycles. The van der Waals surface area contributed by atoms with Gasteiger partial charge in [0.2, 0.25) is 0 Å². The Labute approximate surface area is 104 Å². The van der Waals surface area contributed by atoms with Crippen molar-refractivity contribution in [2.24, 2.45) is 0 Å². The number of hydrogen-bond acceptors (Lipinski definition) is 2. The number of aryl methyl sites for hydroxylation is 1. The van der Waals surface area contributed by atoms with E-state index in [-0.39, 0.29) is 0 Å². The summed E-state index contributed by atoms with van der Waals surface area (Å²) in [6, 6.07) is 9.56. The standard InChI is InChI=1S/C13H11ClN2O/c1-9-15-12-5-4-10(14)7-13(12)16(9)8-11-3-2-6-17-11/h2-7H,8H2,1H3. The van der Waals surface area contributed by atoms with Crippen LogP contribution in [0.2, 0.25) is 5.02 Å². The third-order valence-corrected chi connectivity index (χ3v) is 3.03. The van der Waals surface area contributed by atoms with Crippen molar-refractivity contribution in [3.05, 3.63) is 53.2 Å². The van der Waals surface area contributed by atoms with Gasteiger partial charge in [0, 0.05) is 5.02 Å². The van der Waals surface area contributed by atoms with Crippen LogP contribution in [0.4, 0.5) is 0 Å². The van der Waals surface area contributed by atoms with Gasteiger partial charge in [0.05, 0.1) is 23.8 Å². The van der Waals surface area contributed by atoms with Crippen LogP contribution in [0.3, 0.4) is 0 Å². The Kier molecular flexibility index (Phi) is 2.41. The third-order valence-electron chi connectivity index (χ3n) is 2.80. The number of aromatic nitrogens is 2. The molecule has 2 heterocycles. The Morgan fingerprint density at radius 2 is 2.24 bits per heavy atom. The number of fused-ring (bicyclic) bond motifs is 1. The number of halogens is 1. The molecule has 0 unspecified atom stereocenters. The van der Waals surface area contributed by atoms with Crippen LogP contribution in [-0.4, -0.2) is 9.55 Å². The zero-order valence-corrected chi connectivity index (χ0v) is 10.1. The first kappa shape index (κ1) is 10.4. The molecule has 0 bridgehead atoms. The summed E-state index contributed by atoms with van der Waals surface area (Å²) in [5.74, 6) is 1.87. The number of benzene rings is 1. The van der Waals surface area contributed by atoms with Gasteiger partial charge in [0.1, 0.15) is 11.6 Å². The summed E-state index contributed by atoms with van der Waals surface area (Å²) in [7, 11) is 0. The van der Waals surface area contributed by atoms with Crippen molar-refractivity contribution < 1.29 is 4.42 Å². The molecule has 0 aliphatic heterocycles. The molecule has 17 heavy (non-hydrogen) atoms. The summed E-state index contributed by atoms with van der Waals surface area (Å²) in [6.45, 7) is 2.66. The van der Waals surface area contributed by atoms with E-state index < -0.39 is 0 Å². The summed E-state index contributed by atoms with van der Waals surface area (Å²) in [6.07, 6.45) is 1.68. The maximum Gasteiger partial charge on any atom is 0.123 e. The number of nitrogens with zero attached hydrogens (tertiary/aromatic N) is 2. The predicted molar refractivity (Wildman–Crippen MR) is 67.3 cm³/mol. The second kappa shape index (κ2) is 3.93. The normalized spacial score (nSPS) is 11.2. The molecular formula is C13H11ClN2O. The Bertz CT molecular complexity index is 655. The highest BCUT2D eigenvalue weighted by atomic mass is 35.5. The minimum atomic E-state index is 0.676. The lowest BCUT2D eigenvalue weighted by atomic mass is 10.3. The monoisotopic (exact) mass is 246 g/mol. The highest BCUT2D eigenvalue weighted by Gasteiger charge is 2.09. The van der Waals surface area contributed by atoms with Crippen molar-refractivity contribution in [2.75, 3.05) is 0 Å². The van der Waals surface area contributed by atoms with Crippen molar-refractivity contribution in [2.45, 2.75) is 13.5 Å². The fraction of sp³-hybridized carbons (Fsp3) is 0.154. The summed E-state index contributed by atoms with van der Waals surface area (Å²) < 4.78 is 7.46. The molecule has 0 spiro atoms. The number of rotatable bonds is 2. The molecule has 4 heteroatoms. The van der Waals surface area contributed by atoms with E-state index in [0.717, 1.165) is 27.6 Å². The molecular weight excluding hydrogens is 236 g/mol. The van der Waals surface area contributed by atoms with Crippen LogP contribution in [0.15, 0.2) is 41.0 Å². The van der Waals surface area contributed by atoms with Gasteiger partial charge in [-0.2, -0.15) is 0 Å². The number of imidazole rings is 1.